The quantitative estimate of drug-likeness (QED) is 0.0776. The predicted octanol–water partition coefficient (Wildman–Crippen LogP) is 6.58. The van der Waals surface area contributed by atoms with Crippen LogP contribution < -0.4 is 20.3 Å². The molecule has 0 radical (unpaired) electrons. The van der Waals surface area contributed by atoms with Gasteiger partial charge in [-0.25, -0.2) is 4.98 Å². The third kappa shape index (κ3) is 10.7. The van der Waals surface area contributed by atoms with Crippen LogP contribution in [0, 0.1) is 6.92 Å². The summed E-state index contributed by atoms with van der Waals surface area (Å²) < 4.78 is 26.7. The Morgan fingerprint density at radius 1 is 1.04 bits per heavy atom. The number of likely N-dealkylation sites (N-methyl/N-ethyl adjacent to an activating group) is 1. The Morgan fingerprint density at radius 3 is 2.54 bits per heavy atom. The van der Waals surface area contributed by atoms with Gasteiger partial charge in [0.05, 0.1) is 30.4 Å². The van der Waals surface area contributed by atoms with Gasteiger partial charge < -0.3 is 39.2 Å². The van der Waals surface area contributed by atoms with Gasteiger partial charge in [-0.1, -0.05) is 31.5 Å². The molecule has 3 N–H and O–H groups in total. The first-order chi connectivity index (χ1) is 25.3. The van der Waals surface area contributed by atoms with E-state index < -0.39 is 17.3 Å². The molecule has 0 fully saturated rings. The van der Waals surface area contributed by atoms with Crippen LogP contribution in [-0.2, 0) is 33.0 Å². The number of benzene rings is 3. The zero-order valence-corrected chi connectivity index (χ0v) is 31.7. The van der Waals surface area contributed by atoms with Gasteiger partial charge >= 0.3 is 0 Å². The van der Waals surface area contributed by atoms with Gasteiger partial charge in [0, 0.05) is 49.7 Å². The molecule has 0 bridgehead atoms. The molecule has 10 nitrogen and oxygen atoms in total. The van der Waals surface area contributed by atoms with Crippen molar-refractivity contribution in [1.82, 2.24) is 14.9 Å². The van der Waals surface area contributed by atoms with Crippen LogP contribution in [0.1, 0.15) is 56.5 Å². The summed E-state index contributed by atoms with van der Waals surface area (Å²) in [6.07, 6.45) is 6.72. The van der Waals surface area contributed by atoms with E-state index in [9.17, 15) is 14.5 Å². The SMILES string of the molecule is CCCCOCCOc1ccc(-c2ccc3c(c2)/C=C(/C(=O)Nc2ccc([S@+]([O-])Cc4c(C)ncn4CC)cc2)CCCN3C[C@H](O)CNC)cc1. The number of amides is 1. The number of nitrogens with zero attached hydrogens (tertiary/aromatic N) is 3. The number of anilines is 2. The summed E-state index contributed by atoms with van der Waals surface area (Å²) in [6.45, 7) is 10.4. The molecule has 1 amide bonds. The number of aromatic nitrogens is 2. The minimum absolute atomic E-state index is 0.170. The number of aliphatic hydroxyl groups is 1. The highest BCUT2D eigenvalue weighted by Gasteiger charge is 2.22. The number of β-amino-alcohol motifs (C(OH)–C–C–N with tert-alkyl or cyclic N) is 1. The molecule has 4 aromatic rings. The second-order valence-corrected chi connectivity index (χ2v) is 14.5. The number of hydrogen-bond acceptors (Lipinski definition) is 8. The van der Waals surface area contributed by atoms with E-state index in [2.05, 4.69) is 45.6 Å². The molecule has 0 spiro atoms. The summed E-state index contributed by atoms with van der Waals surface area (Å²) in [5, 5.41) is 16.8. The van der Waals surface area contributed by atoms with E-state index in [1.807, 2.05) is 80.1 Å². The van der Waals surface area contributed by atoms with Crippen molar-refractivity contribution < 1.29 is 23.9 Å². The third-order valence-electron chi connectivity index (χ3n) is 9.20. The van der Waals surface area contributed by atoms with Gasteiger partial charge in [-0.15, -0.1) is 0 Å². The Morgan fingerprint density at radius 2 is 1.81 bits per heavy atom. The zero-order chi connectivity index (χ0) is 36.9. The number of aryl methyl sites for hydroxylation is 2. The fourth-order valence-electron chi connectivity index (χ4n) is 6.29. The Labute approximate surface area is 311 Å². The molecular formula is C41H53N5O5S. The van der Waals surface area contributed by atoms with Gasteiger partial charge in [-0.2, -0.15) is 0 Å². The molecule has 2 heterocycles. The maximum absolute atomic E-state index is 13.7. The number of unbranched alkanes of at least 4 members (excludes halogenated alkanes) is 1. The van der Waals surface area contributed by atoms with Crippen molar-refractivity contribution >= 4 is 34.5 Å². The second kappa shape index (κ2) is 19.6. The highest BCUT2D eigenvalue weighted by Crippen LogP contribution is 2.33. The normalized spacial score (nSPS) is 15.2. The summed E-state index contributed by atoms with van der Waals surface area (Å²) in [7, 11) is 1.83. The minimum Gasteiger partial charge on any atom is -0.611 e. The van der Waals surface area contributed by atoms with E-state index in [-0.39, 0.29) is 5.91 Å². The van der Waals surface area contributed by atoms with Crippen LogP contribution in [0.2, 0.25) is 0 Å². The van der Waals surface area contributed by atoms with Crippen LogP contribution in [0.5, 0.6) is 5.75 Å². The maximum atomic E-state index is 13.7. The molecule has 5 rings (SSSR count). The van der Waals surface area contributed by atoms with Gasteiger partial charge in [0.2, 0.25) is 0 Å². The Bertz CT molecular complexity index is 1760. The van der Waals surface area contributed by atoms with Gasteiger partial charge in [-0.3, -0.25) is 4.79 Å². The van der Waals surface area contributed by atoms with Gasteiger partial charge in [-0.05, 0) is 123 Å². The van der Waals surface area contributed by atoms with Crippen molar-refractivity contribution in [2.75, 3.05) is 56.7 Å². The van der Waals surface area contributed by atoms with E-state index in [0.717, 1.165) is 71.9 Å². The molecular weight excluding hydrogens is 675 g/mol. The molecule has 278 valence electrons. The van der Waals surface area contributed by atoms with Gasteiger partial charge in [0.15, 0.2) is 10.6 Å². The molecule has 2 atom stereocenters. The molecule has 52 heavy (non-hydrogen) atoms. The molecule has 0 saturated heterocycles. The average molecular weight is 728 g/mol. The van der Waals surface area contributed by atoms with Crippen molar-refractivity contribution in [3.8, 4) is 16.9 Å². The number of rotatable bonds is 18. The smallest absolute Gasteiger partial charge is 0.251 e. The van der Waals surface area contributed by atoms with Crippen LogP contribution in [0.3, 0.4) is 0 Å². The molecule has 1 aliphatic rings. The standard InChI is InChI=1S/C41H53N5O5S/c1-5-7-21-50-22-23-51-37-15-10-31(11-16-37)32-12-19-39-34(24-32)25-33(9-8-20-46(39)27-36(47)26-42-4)41(48)44-35-13-17-38(18-14-35)52(49)28-40-30(3)43-29-45(40)6-2/h10-19,24-25,29,36,42,47H,5-9,20-23,26-28H2,1-4H3,(H,44,48)/b33-25+/t36-,52-/m1/s1. The fourth-order valence-corrected chi connectivity index (χ4v) is 7.52. The fraction of sp³-hybridized carbons (Fsp3) is 0.415. The maximum Gasteiger partial charge on any atom is 0.251 e. The first-order valence-corrected chi connectivity index (χ1v) is 19.6. The van der Waals surface area contributed by atoms with Crippen LogP contribution in [0.4, 0.5) is 11.4 Å². The number of carbonyl (C=O) groups is 1. The van der Waals surface area contributed by atoms with E-state index in [1.165, 1.54) is 0 Å². The van der Waals surface area contributed by atoms with Crippen LogP contribution in [-0.4, -0.2) is 77.7 Å². The number of imidazole rings is 1. The van der Waals surface area contributed by atoms with Crippen molar-refractivity contribution in [2.45, 2.75) is 69.8 Å². The number of hydrogen-bond donors (Lipinski definition) is 3. The van der Waals surface area contributed by atoms with Crippen LogP contribution in [0.15, 0.2) is 83.5 Å². The van der Waals surface area contributed by atoms with Gasteiger partial charge in [0.1, 0.15) is 12.4 Å². The minimum atomic E-state index is -1.25. The molecule has 1 aliphatic heterocycles. The number of fused-ring (bicyclic) bond motifs is 1. The van der Waals surface area contributed by atoms with Gasteiger partial charge in [0.25, 0.3) is 5.91 Å². The first-order valence-electron chi connectivity index (χ1n) is 18.3. The van der Waals surface area contributed by atoms with Crippen molar-refractivity contribution in [1.29, 1.82) is 0 Å². The predicted molar refractivity (Wildman–Crippen MR) is 210 cm³/mol. The molecule has 0 saturated carbocycles. The summed E-state index contributed by atoms with van der Waals surface area (Å²) in [5.41, 5.74) is 7.11. The van der Waals surface area contributed by atoms with Crippen LogP contribution >= 0.6 is 0 Å². The first kappa shape index (κ1) is 39.1. The second-order valence-electron chi connectivity index (χ2n) is 13.1. The van der Waals surface area contributed by atoms with Crippen molar-refractivity contribution in [3.05, 3.63) is 95.6 Å². The Balaban J connectivity index is 1.32. The summed E-state index contributed by atoms with van der Waals surface area (Å²) in [4.78, 5) is 21.0. The lowest BCUT2D eigenvalue weighted by atomic mass is 9.96. The highest BCUT2D eigenvalue weighted by atomic mass is 32.2. The number of ether oxygens (including phenoxy) is 2. The zero-order valence-electron chi connectivity index (χ0n) is 30.9. The lowest BCUT2D eigenvalue weighted by Gasteiger charge is -2.31. The number of carbonyl (C=O) groups excluding carboxylic acids is 1. The van der Waals surface area contributed by atoms with Crippen molar-refractivity contribution in [2.24, 2.45) is 0 Å². The molecule has 0 unspecified atom stereocenters. The average Bonchev–Trinajstić information content (AvgIpc) is 3.50. The largest absolute Gasteiger partial charge is 0.611 e. The number of nitrogens with one attached hydrogen (secondary N) is 2. The third-order valence-corrected chi connectivity index (χ3v) is 10.5. The molecule has 11 heteroatoms. The summed E-state index contributed by atoms with van der Waals surface area (Å²) in [5.74, 6) is 1.00. The summed E-state index contributed by atoms with van der Waals surface area (Å²) >= 11 is -1.25. The monoisotopic (exact) mass is 727 g/mol. The van der Waals surface area contributed by atoms with E-state index in [1.54, 1.807) is 6.33 Å². The molecule has 3 aromatic carbocycles. The molecule has 0 aliphatic carbocycles. The van der Waals surface area contributed by atoms with Crippen molar-refractivity contribution in [3.63, 3.8) is 0 Å². The Hall–Kier alpha value is -4.13. The summed E-state index contributed by atoms with van der Waals surface area (Å²) in [6, 6.07) is 21.5. The topological polar surface area (TPSA) is 124 Å². The van der Waals surface area contributed by atoms with E-state index in [0.29, 0.717) is 61.2 Å². The number of aliphatic hydroxyl groups excluding tert-OH is 1. The highest BCUT2D eigenvalue weighted by molar-refractivity contribution is 7.90. The lowest BCUT2D eigenvalue weighted by Crippen LogP contribution is -2.38. The van der Waals surface area contributed by atoms with Crippen LogP contribution in [0.25, 0.3) is 17.2 Å². The Kier molecular flexibility index (Phi) is 14.8. The van der Waals surface area contributed by atoms with E-state index >= 15 is 0 Å². The molecule has 1 aromatic heterocycles. The van der Waals surface area contributed by atoms with E-state index in [4.69, 9.17) is 9.47 Å². The lowest BCUT2D eigenvalue weighted by molar-refractivity contribution is -0.112.